The van der Waals surface area contributed by atoms with Crippen LogP contribution in [0.3, 0.4) is 0 Å². The molecule has 2 rings (SSSR count). The summed E-state index contributed by atoms with van der Waals surface area (Å²) < 4.78 is 10.4. The summed E-state index contributed by atoms with van der Waals surface area (Å²) in [6.07, 6.45) is 2.89. The van der Waals surface area contributed by atoms with E-state index in [1.807, 2.05) is 18.2 Å². The first-order valence-corrected chi connectivity index (χ1v) is 6.05. The fraction of sp³-hybridized carbons (Fsp3) is 0.500. The summed E-state index contributed by atoms with van der Waals surface area (Å²) in [6, 6.07) is 7.97. The normalized spacial score (nSPS) is 15.6. The van der Waals surface area contributed by atoms with E-state index in [1.165, 1.54) is 0 Å². The number of anilines is 1. The van der Waals surface area contributed by atoms with Crippen LogP contribution >= 0.6 is 0 Å². The van der Waals surface area contributed by atoms with Crippen LogP contribution in [0.2, 0.25) is 0 Å². The van der Waals surface area contributed by atoms with Gasteiger partial charge in [0.05, 0.1) is 20.3 Å². The maximum Gasteiger partial charge on any atom is 0.124 e. The van der Waals surface area contributed by atoms with Crippen molar-refractivity contribution in [1.82, 2.24) is 0 Å². The summed E-state index contributed by atoms with van der Waals surface area (Å²) in [5.74, 6) is 1.53. The number of ether oxygens (including phenoxy) is 2. The Kier molecular flexibility index (Phi) is 3.61. The van der Waals surface area contributed by atoms with Crippen LogP contribution < -0.4 is 14.8 Å². The van der Waals surface area contributed by atoms with Crippen molar-refractivity contribution >= 4 is 5.69 Å². The van der Waals surface area contributed by atoms with Gasteiger partial charge in [0.2, 0.25) is 0 Å². The molecule has 1 aliphatic rings. The van der Waals surface area contributed by atoms with Gasteiger partial charge in [-0.2, -0.15) is 5.26 Å². The fourth-order valence-corrected chi connectivity index (χ4v) is 1.96. The van der Waals surface area contributed by atoms with Gasteiger partial charge in [0.1, 0.15) is 11.5 Å². The van der Waals surface area contributed by atoms with Crippen molar-refractivity contribution in [3.63, 3.8) is 0 Å². The Bertz CT molecular complexity index is 439. The molecule has 96 valence electrons. The Labute approximate surface area is 108 Å². The van der Waals surface area contributed by atoms with Gasteiger partial charge in [-0.3, -0.25) is 0 Å². The van der Waals surface area contributed by atoms with Gasteiger partial charge in [-0.1, -0.05) is 0 Å². The lowest BCUT2D eigenvalue weighted by molar-refractivity contribution is 0.394. The zero-order valence-electron chi connectivity index (χ0n) is 10.8. The zero-order valence-corrected chi connectivity index (χ0v) is 10.8. The van der Waals surface area contributed by atoms with Gasteiger partial charge >= 0.3 is 0 Å². The Hall–Kier alpha value is -1.89. The van der Waals surface area contributed by atoms with E-state index in [-0.39, 0.29) is 5.41 Å². The van der Waals surface area contributed by atoms with Crippen LogP contribution in [0.1, 0.15) is 19.3 Å². The van der Waals surface area contributed by atoms with Crippen molar-refractivity contribution in [1.29, 1.82) is 5.26 Å². The third-order valence-corrected chi connectivity index (χ3v) is 3.43. The highest BCUT2D eigenvalue weighted by Crippen LogP contribution is 2.48. The maximum atomic E-state index is 8.79. The molecule has 0 radical (unpaired) electrons. The predicted molar refractivity (Wildman–Crippen MR) is 69.9 cm³/mol. The molecule has 0 aromatic heterocycles. The monoisotopic (exact) mass is 246 g/mol. The number of hydrogen-bond donors (Lipinski definition) is 1. The van der Waals surface area contributed by atoms with Gasteiger partial charge in [0, 0.05) is 42.3 Å². The molecule has 18 heavy (non-hydrogen) atoms. The lowest BCUT2D eigenvalue weighted by Gasteiger charge is -2.15. The second-order valence-electron chi connectivity index (χ2n) is 4.79. The average molecular weight is 246 g/mol. The summed E-state index contributed by atoms with van der Waals surface area (Å²) in [6.45, 7) is 0.830. The summed E-state index contributed by atoms with van der Waals surface area (Å²) in [5, 5.41) is 12.2. The summed E-state index contributed by atoms with van der Waals surface area (Å²) in [5.41, 5.74) is 1.15. The minimum absolute atomic E-state index is 0.186. The van der Waals surface area contributed by atoms with E-state index in [1.54, 1.807) is 14.2 Å². The van der Waals surface area contributed by atoms with Gasteiger partial charge in [0.15, 0.2) is 0 Å². The van der Waals surface area contributed by atoms with E-state index >= 15 is 0 Å². The van der Waals surface area contributed by atoms with Crippen LogP contribution in [0.15, 0.2) is 18.2 Å². The highest BCUT2D eigenvalue weighted by molar-refractivity contribution is 5.54. The topological polar surface area (TPSA) is 54.3 Å². The second-order valence-corrected chi connectivity index (χ2v) is 4.79. The quantitative estimate of drug-likeness (QED) is 0.838. The molecule has 1 saturated carbocycles. The second kappa shape index (κ2) is 5.18. The molecular formula is C14H18N2O2. The Morgan fingerprint density at radius 3 is 2.28 bits per heavy atom. The standard InChI is InChI=1S/C14H18N2O2/c1-17-12-7-11(8-13(9-12)18-2)16-10-14(3-4-14)5-6-15/h7-9,16H,3-5,10H2,1-2H3. The van der Waals surface area contributed by atoms with Gasteiger partial charge < -0.3 is 14.8 Å². The zero-order chi connectivity index (χ0) is 13.0. The third kappa shape index (κ3) is 2.86. The van der Waals surface area contributed by atoms with Gasteiger partial charge in [0.25, 0.3) is 0 Å². The number of benzene rings is 1. The molecule has 0 spiro atoms. The Balaban J connectivity index is 2.03. The van der Waals surface area contributed by atoms with Crippen molar-refractivity contribution in [2.75, 3.05) is 26.1 Å². The van der Waals surface area contributed by atoms with E-state index in [2.05, 4.69) is 11.4 Å². The number of nitriles is 1. The van der Waals surface area contributed by atoms with Crippen LogP contribution in [-0.4, -0.2) is 20.8 Å². The van der Waals surface area contributed by atoms with E-state index in [0.29, 0.717) is 6.42 Å². The highest BCUT2D eigenvalue weighted by Gasteiger charge is 2.42. The molecule has 1 fully saturated rings. The van der Waals surface area contributed by atoms with E-state index in [9.17, 15) is 0 Å². The predicted octanol–water partition coefficient (Wildman–Crippen LogP) is 2.81. The molecule has 1 aliphatic carbocycles. The van der Waals surface area contributed by atoms with Crippen LogP contribution in [-0.2, 0) is 0 Å². The van der Waals surface area contributed by atoms with Crippen LogP contribution in [0, 0.1) is 16.7 Å². The highest BCUT2D eigenvalue weighted by atomic mass is 16.5. The van der Waals surface area contributed by atoms with Crippen molar-refractivity contribution in [2.24, 2.45) is 5.41 Å². The summed E-state index contributed by atoms with van der Waals surface area (Å²) in [4.78, 5) is 0. The average Bonchev–Trinajstić information content (AvgIpc) is 3.16. The lowest BCUT2D eigenvalue weighted by Crippen LogP contribution is -2.14. The third-order valence-electron chi connectivity index (χ3n) is 3.43. The van der Waals surface area contributed by atoms with Gasteiger partial charge in [-0.15, -0.1) is 0 Å². The first-order chi connectivity index (χ1) is 8.71. The molecule has 0 unspecified atom stereocenters. The first-order valence-electron chi connectivity index (χ1n) is 6.05. The van der Waals surface area contributed by atoms with Gasteiger partial charge in [-0.05, 0) is 12.8 Å². The van der Waals surface area contributed by atoms with Crippen molar-refractivity contribution < 1.29 is 9.47 Å². The number of nitrogens with one attached hydrogen (secondary N) is 1. The molecule has 0 aliphatic heterocycles. The minimum Gasteiger partial charge on any atom is -0.497 e. The largest absolute Gasteiger partial charge is 0.497 e. The minimum atomic E-state index is 0.186. The SMILES string of the molecule is COc1cc(NCC2(CC#N)CC2)cc(OC)c1. The first kappa shape index (κ1) is 12.6. The number of hydrogen-bond acceptors (Lipinski definition) is 4. The molecule has 0 amide bonds. The van der Waals surface area contributed by atoms with Gasteiger partial charge in [-0.25, -0.2) is 0 Å². The lowest BCUT2D eigenvalue weighted by atomic mass is 10.0. The number of methoxy groups -OCH3 is 2. The number of nitrogens with zero attached hydrogens (tertiary/aromatic N) is 1. The maximum absolute atomic E-state index is 8.79. The van der Waals surface area contributed by atoms with E-state index in [0.717, 1.165) is 36.6 Å². The van der Waals surface area contributed by atoms with Crippen LogP contribution in [0.25, 0.3) is 0 Å². The van der Waals surface area contributed by atoms with Crippen molar-refractivity contribution in [2.45, 2.75) is 19.3 Å². The molecule has 1 N–H and O–H groups in total. The Morgan fingerprint density at radius 1 is 1.22 bits per heavy atom. The summed E-state index contributed by atoms with van der Waals surface area (Å²) in [7, 11) is 3.27. The molecule has 0 atom stereocenters. The fourth-order valence-electron chi connectivity index (χ4n) is 1.96. The molecule has 4 nitrogen and oxygen atoms in total. The molecule has 0 heterocycles. The van der Waals surface area contributed by atoms with Crippen molar-refractivity contribution in [3.05, 3.63) is 18.2 Å². The van der Waals surface area contributed by atoms with Crippen LogP contribution in [0.5, 0.6) is 11.5 Å². The van der Waals surface area contributed by atoms with Crippen molar-refractivity contribution in [3.8, 4) is 17.6 Å². The van der Waals surface area contributed by atoms with E-state index in [4.69, 9.17) is 14.7 Å². The molecule has 1 aromatic rings. The Morgan fingerprint density at radius 2 is 1.83 bits per heavy atom. The molecule has 4 heteroatoms. The molecule has 0 bridgehead atoms. The molecular weight excluding hydrogens is 228 g/mol. The summed E-state index contributed by atoms with van der Waals surface area (Å²) >= 11 is 0. The van der Waals surface area contributed by atoms with Crippen LogP contribution in [0.4, 0.5) is 5.69 Å². The number of rotatable bonds is 6. The van der Waals surface area contributed by atoms with E-state index < -0.39 is 0 Å². The molecule has 1 aromatic carbocycles. The smallest absolute Gasteiger partial charge is 0.124 e. The molecule has 0 saturated heterocycles.